The number of benzene rings is 1. The van der Waals surface area contributed by atoms with Crippen molar-refractivity contribution in [3.05, 3.63) is 30.0 Å². The highest BCUT2D eigenvalue weighted by molar-refractivity contribution is 6.04. The highest BCUT2D eigenvalue weighted by Gasteiger charge is 2.22. The minimum absolute atomic E-state index is 0.0895. The minimum Gasteiger partial charge on any atom is -0.345 e. The predicted molar refractivity (Wildman–Crippen MR) is 64.8 cm³/mol. The summed E-state index contributed by atoms with van der Waals surface area (Å²) in [5.41, 5.74) is 1.49. The molecule has 0 aliphatic carbocycles. The SMILES string of the molecule is Cn1nc(C(=O)NC2CNC2)c2ccccc21. The zero-order valence-electron chi connectivity index (χ0n) is 9.60. The van der Waals surface area contributed by atoms with Gasteiger partial charge < -0.3 is 10.6 Å². The molecule has 5 heteroatoms. The van der Waals surface area contributed by atoms with Gasteiger partial charge >= 0.3 is 0 Å². The summed E-state index contributed by atoms with van der Waals surface area (Å²) in [7, 11) is 1.85. The van der Waals surface area contributed by atoms with Crippen LogP contribution in [-0.4, -0.2) is 34.8 Å². The molecule has 0 bridgehead atoms. The molecular formula is C12H14N4O. The van der Waals surface area contributed by atoms with E-state index in [1.165, 1.54) is 0 Å². The Kier molecular flexibility index (Phi) is 2.33. The normalized spacial score (nSPS) is 15.8. The summed E-state index contributed by atoms with van der Waals surface area (Å²) in [6.07, 6.45) is 0. The molecular weight excluding hydrogens is 216 g/mol. The Morgan fingerprint density at radius 3 is 2.94 bits per heavy atom. The van der Waals surface area contributed by atoms with Gasteiger partial charge in [-0.1, -0.05) is 18.2 Å². The summed E-state index contributed by atoms with van der Waals surface area (Å²) in [4.78, 5) is 12.1. The second-order valence-corrected chi connectivity index (χ2v) is 4.32. The van der Waals surface area contributed by atoms with Crippen LogP contribution in [0.4, 0.5) is 0 Å². The lowest BCUT2D eigenvalue weighted by Crippen LogP contribution is -2.57. The van der Waals surface area contributed by atoms with E-state index in [4.69, 9.17) is 0 Å². The number of carbonyl (C=O) groups is 1. The second-order valence-electron chi connectivity index (χ2n) is 4.32. The van der Waals surface area contributed by atoms with Gasteiger partial charge in [-0.25, -0.2) is 0 Å². The van der Waals surface area contributed by atoms with Crippen LogP contribution in [0, 0.1) is 0 Å². The van der Waals surface area contributed by atoms with E-state index in [0.717, 1.165) is 24.0 Å². The summed E-state index contributed by atoms with van der Waals surface area (Å²) < 4.78 is 1.74. The molecule has 2 heterocycles. The van der Waals surface area contributed by atoms with E-state index in [1.54, 1.807) is 4.68 Å². The monoisotopic (exact) mass is 230 g/mol. The first-order valence-electron chi connectivity index (χ1n) is 5.69. The van der Waals surface area contributed by atoms with Crippen molar-refractivity contribution in [3.8, 4) is 0 Å². The van der Waals surface area contributed by atoms with Crippen molar-refractivity contribution in [2.45, 2.75) is 6.04 Å². The summed E-state index contributed by atoms with van der Waals surface area (Å²) in [6, 6.07) is 8.00. The molecule has 1 aliphatic heterocycles. The van der Waals surface area contributed by atoms with Gasteiger partial charge in [0.15, 0.2) is 5.69 Å². The first kappa shape index (κ1) is 10.3. The summed E-state index contributed by atoms with van der Waals surface area (Å²) >= 11 is 0. The van der Waals surface area contributed by atoms with Crippen LogP contribution in [0.5, 0.6) is 0 Å². The van der Waals surface area contributed by atoms with Crippen LogP contribution in [0.25, 0.3) is 10.9 Å². The number of para-hydroxylation sites is 1. The summed E-state index contributed by atoms with van der Waals surface area (Å²) in [5, 5.41) is 11.3. The Balaban J connectivity index is 1.96. The van der Waals surface area contributed by atoms with E-state index in [2.05, 4.69) is 15.7 Å². The predicted octanol–water partition coefficient (Wildman–Crippen LogP) is 0.275. The van der Waals surface area contributed by atoms with E-state index in [-0.39, 0.29) is 11.9 Å². The standard InChI is InChI=1S/C12H14N4O/c1-16-10-5-3-2-4-9(10)11(15-16)12(17)14-8-6-13-7-8/h2-5,8,13H,6-7H2,1H3,(H,14,17). The lowest BCUT2D eigenvalue weighted by atomic mass is 10.1. The number of carbonyl (C=O) groups excluding carboxylic acids is 1. The third-order valence-corrected chi connectivity index (χ3v) is 3.09. The lowest BCUT2D eigenvalue weighted by Gasteiger charge is -2.27. The van der Waals surface area contributed by atoms with Crippen LogP contribution in [0.3, 0.4) is 0 Å². The third-order valence-electron chi connectivity index (χ3n) is 3.09. The fraction of sp³-hybridized carbons (Fsp3) is 0.333. The Bertz CT molecular complexity index is 571. The highest BCUT2D eigenvalue weighted by atomic mass is 16.2. The number of rotatable bonds is 2. The second kappa shape index (κ2) is 3.85. The van der Waals surface area contributed by atoms with E-state index in [1.807, 2.05) is 31.3 Å². The molecule has 0 radical (unpaired) electrons. The van der Waals surface area contributed by atoms with E-state index < -0.39 is 0 Å². The molecule has 1 saturated heterocycles. The van der Waals surface area contributed by atoms with Crippen molar-refractivity contribution >= 4 is 16.8 Å². The molecule has 1 aromatic heterocycles. The molecule has 0 unspecified atom stereocenters. The molecule has 5 nitrogen and oxygen atoms in total. The van der Waals surface area contributed by atoms with Gasteiger partial charge in [0, 0.05) is 25.5 Å². The molecule has 2 N–H and O–H groups in total. The molecule has 1 amide bonds. The van der Waals surface area contributed by atoms with Crippen LogP contribution in [0.1, 0.15) is 10.5 Å². The summed E-state index contributed by atoms with van der Waals surface area (Å²) in [5.74, 6) is -0.0895. The number of hydrogen-bond acceptors (Lipinski definition) is 3. The number of amides is 1. The zero-order chi connectivity index (χ0) is 11.8. The van der Waals surface area contributed by atoms with E-state index in [0.29, 0.717) is 5.69 Å². The van der Waals surface area contributed by atoms with Crippen LogP contribution in [0.15, 0.2) is 24.3 Å². The third kappa shape index (κ3) is 1.68. The summed E-state index contributed by atoms with van der Waals surface area (Å²) in [6.45, 7) is 1.69. The minimum atomic E-state index is -0.0895. The van der Waals surface area contributed by atoms with Crippen molar-refractivity contribution in [1.82, 2.24) is 20.4 Å². The van der Waals surface area contributed by atoms with Crippen molar-refractivity contribution in [2.24, 2.45) is 7.05 Å². The van der Waals surface area contributed by atoms with Gasteiger partial charge in [-0.3, -0.25) is 9.48 Å². The average Bonchev–Trinajstić information content (AvgIpc) is 2.62. The van der Waals surface area contributed by atoms with Crippen molar-refractivity contribution in [2.75, 3.05) is 13.1 Å². The first-order valence-corrected chi connectivity index (χ1v) is 5.69. The molecule has 88 valence electrons. The van der Waals surface area contributed by atoms with Crippen molar-refractivity contribution in [3.63, 3.8) is 0 Å². The Morgan fingerprint density at radius 1 is 1.47 bits per heavy atom. The Hall–Kier alpha value is -1.88. The first-order chi connectivity index (χ1) is 8.25. The van der Waals surface area contributed by atoms with Crippen LogP contribution >= 0.6 is 0 Å². The van der Waals surface area contributed by atoms with Gasteiger partial charge in [0.2, 0.25) is 0 Å². The van der Waals surface area contributed by atoms with E-state index >= 15 is 0 Å². The maximum Gasteiger partial charge on any atom is 0.272 e. The van der Waals surface area contributed by atoms with Gasteiger partial charge in [0.05, 0.1) is 11.6 Å². The Labute approximate surface area is 98.8 Å². The Morgan fingerprint density at radius 2 is 2.24 bits per heavy atom. The smallest absolute Gasteiger partial charge is 0.272 e. The number of nitrogens with zero attached hydrogens (tertiary/aromatic N) is 2. The largest absolute Gasteiger partial charge is 0.345 e. The maximum atomic E-state index is 12.1. The number of fused-ring (bicyclic) bond motifs is 1. The molecule has 2 aromatic rings. The lowest BCUT2D eigenvalue weighted by molar-refractivity contribution is 0.0919. The number of hydrogen-bond donors (Lipinski definition) is 2. The number of aromatic nitrogens is 2. The highest BCUT2D eigenvalue weighted by Crippen LogP contribution is 2.17. The molecule has 3 rings (SSSR count). The van der Waals surface area contributed by atoms with Gasteiger partial charge in [-0.15, -0.1) is 0 Å². The van der Waals surface area contributed by atoms with Crippen molar-refractivity contribution in [1.29, 1.82) is 0 Å². The topological polar surface area (TPSA) is 59.0 Å². The molecule has 1 aromatic carbocycles. The van der Waals surface area contributed by atoms with E-state index in [9.17, 15) is 4.79 Å². The fourth-order valence-electron chi connectivity index (χ4n) is 2.03. The van der Waals surface area contributed by atoms with Crippen LogP contribution in [0.2, 0.25) is 0 Å². The fourth-order valence-corrected chi connectivity index (χ4v) is 2.03. The molecule has 0 atom stereocenters. The molecule has 1 aliphatic rings. The number of nitrogens with one attached hydrogen (secondary N) is 2. The van der Waals surface area contributed by atoms with Gasteiger partial charge in [0.25, 0.3) is 5.91 Å². The number of aryl methyl sites for hydroxylation is 1. The van der Waals surface area contributed by atoms with Crippen molar-refractivity contribution < 1.29 is 4.79 Å². The van der Waals surface area contributed by atoms with Gasteiger partial charge in [-0.2, -0.15) is 5.10 Å². The molecule has 1 fully saturated rings. The molecule has 0 spiro atoms. The maximum absolute atomic E-state index is 12.1. The van der Waals surface area contributed by atoms with Gasteiger partial charge in [-0.05, 0) is 6.07 Å². The van der Waals surface area contributed by atoms with Crippen LogP contribution in [-0.2, 0) is 7.05 Å². The molecule has 0 saturated carbocycles. The van der Waals surface area contributed by atoms with Gasteiger partial charge in [0.1, 0.15) is 0 Å². The zero-order valence-corrected chi connectivity index (χ0v) is 9.60. The van der Waals surface area contributed by atoms with Crippen LogP contribution < -0.4 is 10.6 Å². The quantitative estimate of drug-likeness (QED) is 0.779. The molecule has 17 heavy (non-hydrogen) atoms. The average molecular weight is 230 g/mol.